The molecule has 2 aromatic rings. The van der Waals surface area contributed by atoms with Crippen LogP contribution in [0.2, 0.25) is 0 Å². The van der Waals surface area contributed by atoms with E-state index in [1.165, 1.54) is 12.1 Å². The number of ether oxygens (including phenoxy) is 3. The number of nitrogens with one attached hydrogen (secondary N) is 2. The van der Waals surface area contributed by atoms with Gasteiger partial charge in [-0.15, -0.1) is 0 Å². The maximum atomic E-state index is 13.2. The van der Waals surface area contributed by atoms with E-state index in [9.17, 15) is 18.0 Å². The number of benzene rings is 2. The Bertz CT molecular complexity index is 1120. The van der Waals surface area contributed by atoms with Crippen molar-refractivity contribution in [2.45, 2.75) is 24.0 Å². The lowest BCUT2D eigenvalue weighted by atomic mass is 10.1. The van der Waals surface area contributed by atoms with E-state index >= 15 is 0 Å². The van der Waals surface area contributed by atoms with E-state index in [4.69, 9.17) is 14.2 Å². The Morgan fingerprint density at radius 3 is 2.47 bits per heavy atom. The molecule has 34 heavy (non-hydrogen) atoms. The molecule has 2 heterocycles. The minimum absolute atomic E-state index is 0.0368. The Morgan fingerprint density at radius 1 is 0.941 bits per heavy atom. The molecule has 2 aliphatic heterocycles. The molecule has 11 heteroatoms. The molecular formula is C23H27N3O7S. The van der Waals surface area contributed by atoms with Crippen molar-refractivity contribution >= 4 is 21.8 Å². The molecular weight excluding hydrogens is 462 g/mol. The molecule has 10 nitrogen and oxygen atoms in total. The molecule has 0 spiro atoms. The number of fused-ring (bicyclic) bond motifs is 1. The lowest BCUT2D eigenvalue weighted by molar-refractivity contribution is -0.139. The van der Waals surface area contributed by atoms with Crippen LogP contribution in [0.25, 0.3) is 0 Å². The van der Waals surface area contributed by atoms with Crippen LogP contribution in [0.15, 0.2) is 53.4 Å². The van der Waals surface area contributed by atoms with E-state index in [-0.39, 0.29) is 24.6 Å². The van der Waals surface area contributed by atoms with Gasteiger partial charge in [0.1, 0.15) is 19.4 Å². The Morgan fingerprint density at radius 2 is 1.68 bits per heavy atom. The number of aryl methyl sites for hydroxylation is 1. The van der Waals surface area contributed by atoms with Gasteiger partial charge in [0.15, 0.2) is 11.5 Å². The van der Waals surface area contributed by atoms with Crippen LogP contribution in [0.4, 0.5) is 0 Å². The molecule has 4 rings (SSSR count). The third-order valence-electron chi connectivity index (χ3n) is 5.48. The highest BCUT2D eigenvalue weighted by atomic mass is 32.2. The molecule has 2 aliphatic rings. The van der Waals surface area contributed by atoms with Crippen molar-refractivity contribution in [3.63, 3.8) is 0 Å². The zero-order chi connectivity index (χ0) is 24.0. The predicted octanol–water partition coefficient (Wildman–Crippen LogP) is 0.670. The number of rotatable bonds is 8. The normalized spacial score (nSPS) is 17.8. The van der Waals surface area contributed by atoms with Crippen LogP contribution < -0.4 is 20.1 Å². The molecule has 2 aromatic carbocycles. The van der Waals surface area contributed by atoms with E-state index < -0.39 is 28.1 Å². The summed E-state index contributed by atoms with van der Waals surface area (Å²) in [5, 5.41) is 5.03. The molecule has 0 aliphatic carbocycles. The van der Waals surface area contributed by atoms with Gasteiger partial charge in [-0.2, -0.15) is 4.31 Å². The fourth-order valence-electron chi connectivity index (χ4n) is 3.74. The van der Waals surface area contributed by atoms with Gasteiger partial charge < -0.3 is 24.8 Å². The second-order valence-electron chi connectivity index (χ2n) is 7.80. The summed E-state index contributed by atoms with van der Waals surface area (Å²) in [5.74, 6) is -0.762. The first-order chi connectivity index (χ1) is 16.4. The minimum atomic E-state index is -3.91. The second-order valence-corrected chi connectivity index (χ2v) is 9.69. The standard InChI is InChI=1S/C23H27N3O7S/c27-22(24-10-4-7-17-5-2-1-3-6-17)23(28)25-16-21-26(11-12-33-21)34(29,30)18-8-9-19-20(15-18)32-14-13-31-19/h1-3,5-6,8-9,15,21H,4,7,10-14,16H2,(H,24,27)(H,25,28)/t21-/m1/s1. The van der Waals surface area contributed by atoms with Gasteiger partial charge >= 0.3 is 11.8 Å². The summed E-state index contributed by atoms with van der Waals surface area (Å²) in [7, 11) is -3.91. The highest BCUT2D eigenvalue weighted by Crippen LogP contribution is 2.34. The zero-order valence-corrected chi connectivity index (χ0v) is 19.4. The zero-order valence-electron chi connectivity index (χ0n) is 18.6. The average molecular weight is 490 g/mol. The first-order valence-corrected chi connectivity index (χ1v) is 12.5. The number of amides is 2. The summed E-state index contributed by atoms with van der Waals surface area (Å²) in [6.45, 7) is 1.25. The van der Waals surface area contributed by atoms with Gasteiger partial charge in [-0.25, -0.2) is 8.42 Å². The maximum absolute atomic E-state index is 13.2. The van der Waals surface area contributed by atoms with E-state index in [2.05, 4.69) is 10.6 Å². The molecule has 0 aromatic heterocycles. The Labute approximate surface area is 198 Å². The third kappa shape index (κ3) is 5.66. The summed E-state index contributed by atoms with van der Waals surface area (Å²) in [5.41, 5.74) is 1.15. The van der Waals surface area contributed by atoms with Crippen molar-refractivity contribution in [3.05, 3.63) is 54.1 Å². The van der Waals surface area contributed by atoms with Crippen molar-refractivity contribution in [1.29, 1.82) is 0 Å². The average Bonchev–Trinajstić information content (AvgIpc) is 3.35. The Balaban J connectivity index is 1.27. The lowest BCUT2D eigenvalue weighted by Crippen LogP contribution is -2.47. The van der Waals surface area contributed by atoms with Crippen molar-refractivity contribution in [2.24, 2.45) is 0 Å². The largest absolute Gasteiger partial charge is 0.486 e. The highest BCUT2D eigenvalue weighted by molar-refractivity contribution is 7.89. The molecule has 0 radical (unpaired) electrons. The summed E-state index contributed by atoms with van der Waals surface area (Å²) in [6.07, 6.45) is 0.551. The highest BCUT2D eigenvalue weighted by Gasteiger charge is 2.37. The van der Waals surface area contributed by atoms with Gasteiger partial charge in [0.2, 0.25) is 10.0 Å². The van der Waals surface area contributed by atoms with Crippen LogP contribution in [0, 0.1) is 0 Å². The summed E-state index contributed by atoms with van der Waals surface area (Å²) in [6, 6.07) is 14.2. The number of sulfonamides is 1. The second kappa shape index (κ2) is 10.9. The summed E-state index contributed by atoms with van der Waals surface area (Å²) < 4.78 is 43.9. The van der Waals surface area contributed by atoms with Crippen molar-refractivity contribution < 1.29 is 32.2 Å². The number of nitrogens with zero attached hydrogens (tertiary/aromatic N) is 1. The maximum Gasteiger partial charge on any atom is 0.309 e. The molecule has 1 saturated heterocycles. The number of hydrogen-bond acceptors (Lipinski definition) is 7. The van der Waals surface area contributed by atoms with E-state index in [1.807, 2.05) is 30.3 Å². The van der Waals surface area contributed by atoms with Gasteiger partial charge in [-0.1, -0.05) is 30.3 Å². The SMILES string of the molecule is O=C(NCCCc1ccccc1)C(=O)NC[C@H]1OCCN1S(=O)(=O)c1ccc2c(c1)OCCO2. The molecule has 0 bridgehead atoms. The van der Waals surface area contributed by atoms with Crippen molar-refractivity contribution in [1.82, 2.24) is 14.9 Å². The molecule has 1 fully saturated rings. The van der Waals surface area contributed by atoms with Gasteiger partial charge in [0.05, 0.1) is 18.0 Å². The van der Waals surface area contributed by atoms with Crippen LogP contribution in [-0.2, 0) is 30.8 Å². The molecule has 0 unspecified atom stereocenters. The van der Waals surface area contributed by atoms with Crippen LogP contribution in [0.3, 0.4) is 0 Å². The van der Waals surface area contributed by atoms with Crippen LogP contribution in [0.5, 0.6) is 11.5 Å². The van der Waals surface area contributed by atoms with Gasteiger partial charge in [0, 0.05) is 19.2 Å². The minimum Gasteiger partial charge on any atom is -0.486 e. The predicted molar refractivity (Wildman–Crippen MR) is 122 cm³/mol. The first-order valence-electron chi connectivity index (χ1n) is 11.1. The fraction of sp³-hybridized carbons (Fsp3) is 0.391. The van der Waals surface area contributed by atoms with Crippen molar-refractivity contribution in [3.8, 4) is 11.5 Å². The summed E-state index contributed by atoms with van der Waals surface area (Å²) in [4.78, 5) is 24.3. The first kappa shape index (κ1) is 24.0. The van der Waals surface area contributed by atoms with E-state index in [1.54, 1.807) is 6.07 Å². The van der Waals surface area contributed by atoms with E-state index in [0.29, 0.717) is 37.7 Å². The summed E-state index contributed by atoms with van der Waals surface area (Å²) >= 11 is 0. The Hall–Kier alpha value is -3.15. The fourth-order valence-corrected chi connectivity index (χ4v) is 5.27. The molecule has 1 atom stereocenters. The smallest absolute Gasteiger partial charge is 0.309 e. The molecule has 2 N–H and O–H groups in total. The molecule has 2 amide bonds. The topological polar surface area (TPSA) is 123 Å². The quantitative estimate of drug-likeness (QED) is 0.413. The lowest BCUT2D eigenvalue weighted by Gasteiger charge is -2.24. The van der Waals surface area contributed by atoms with Crippen LogP contribution in [-0.4, -0.2) is 70.2 Å². The van der Waals surface area contributed by atoms with Gasteiger partial charge in [-0.05, 0) is 30.5 Å². The van der Waals surface area contributed by atoms with Gasteiger partial charge in [0.25, 0.3) is 0 Å². The van der Waals surface area contributed by atoms with Crippen molar-refractivity contribution in [2.75, 3.05) is 39.5 Å². The van der Waals surface area contributed by atoms with Gasteiger partial charge in [-0.3, -0.25) is 9.59 Å². The van der Waals surface area contributed by atoms with Crippen LogP contribution >= 0.6 is 0 Å². The third-order valence-corrected chi connectivity index (χ3v) is 7.36. The van der Waals surface area contributed by atoms with E-state index in [0.717, 1.165) is 16.3 Å². The Kier molecular flexibility index (Phi) is 7.66. The molecule has 0 saturated carbocycles. The molecule has 182 valence electrons. The number of hydrogen-bond donors (Lipinski definition) is 2. The number of carbonyl (C=O) groups excluding carboxylic acids is 2. The van der Waals surface area contributed by atoms with Crippen LogP contribution in [0.1, 0.15) is 12.0 Å². The number of carbonyl (C=O) groups is 2. The monoisotopic (exact) mass is 489 g/mol.